The Kier molecular flexibility index (Phi) is 8.15. The molecule has 0 aliphatic heterocycles. The van der Waals surface area contributed by atoms with Crippen molar-refractivity contribution in [2.75, 3.05) is 5.75 Å². The number of aromatic nitrogens is 2. The number of nitrogens with zero attached hydrogens (tertiary/aromatic N) is 3. The molecule has 0 saturated heterocycles. The van der Waals surface area contributed by atoms with E-state index in [1.807, 2.05) is 56.3 Å². The second-order valence-electron chi connectivity index (χ2n) is 7.39. The molecule has 1 aromatic heterocycles. The van der Waals surface area contributed by atoms with E-state index in [-0.39, 0.29) is 12.4 Å². The van der Waals surface area contributed by atoms with Gasteiger partial charge in [-0.15, -0.1) is 0 Å². The van der Waals surface area contributed by atoms with Crippen molar-refractivity contribution in [3.63, 3.8) is 0 Å². The van der Waals surface area contributed by atoms with Gasteiger partial charge in [-0.05, 0) is 66.4 Å². The van der Waals surface area contributed by atoms with Gasteiger partial charge in [0.1, 0.15) is 11.5 Å². The van der Waals surface area contributed by atoms with Crippen LogP contribution in [0.5, 0.6) is 11.6 Å². The maximum Gasteiger partial charge on any atom is 0.250 e. The molecule has 34 heavy (non-hydrogen) atoms. The van der Waals surface area contributed by atoms with Crippen LogP contribution in [-0.2, 0) is 21.2 Å². The fraction of sp³-hybridized carbons (Fsp3) is 0.167. The second kappa shape index (κ2) is 11.0. The number of nitriles is 1. The van der Waals surface area contributed by atoms with Crippen LogP contribution in [-0.4, -0.2) is 30.0 Å². The molecule has 8 nitrogen and oxygen atoms in total. The summed E-state index contributed by atoms with van der Waals surface area (Å²) in [5.41, 5.74) is 3.24. The molecule has 0 spiro atoms. The number of sulfone groups is 1. The maximum atomic E-state index is 12.7. The van der Waals surface area contributed by atoms with E-state index in [4.69, 9.17) is 10.00 Å². The second-order valence-corrected chi connectivity index (χ2v) is 10.2. The number of benzene rings is 2. The molecule has 0 radical (unpaired) electrons. The summed E-state index contributed by atoms with van der Waals surface area (Å²) in [5, 5.41) is 10.8. The fourth-order valence-corrected chi connectivity index (χ4v) is 4.39. The number of hydrogen-bond donors (Lipinski definition) is 1. The van der Waals surface area contributed by atoms with E-state index < -0.39 is 26.7 Å². The van der Waals surface area contributed by atoms with E-state index in [0.717, 1.165) is 26.7 Å². The molecule has 1 N–H and O–H groups in total. The van der Waals surface area contributed by atoms with Crippen molar-refractivity contribution in [3.05, 3.63) is 81.5 Å². The molecule has 0 aliphatic rings. The predicted octanol–water partition coefficient (Wildman–Crippen LogP) is 4.28. The Balaban J connectivity index is 1.71. The highest BCUT2D eigenvalue weighted by Crippen LogP contribution is 2.29. The number of nitrogens with one attached hydrogen (secondary N) is 1. The number of carbonyl (C=O) groups is 1. The van der Waals surface area contributed by atoms with Gasteiger partial charge in [0.15, 0.2) is 0 Å². The van der Waals surface area contributed by atoms with Gasteiger partial charge < -0.3 is 10.1 Å². The summed E-state index contributed by atoms with van der Waals surface area (Å²) in [4.78, 5) is 20.1. The summed E-state index contributed by atoms with van der Waals surface area (Å²) in [6.45, 7) is 3.87. The molecule has 2 aromatic carbocycles. The molecule has 0 fully saturated rings. The van der Waals surface area contributed by atoms with Crippen molar-refractivity contribution in [2.24, 2.45) is 0 Å². The lowest BCUT2D eigenvalue weighted by atomic mass is 10.1. The highest BCUT2D eigenvalue weighted by Gasteiger charge is 2.23. The van der Waals surface area contributed by atoms with Gasteiger partial charge >= 0.3 is 0 Å². The standard InChI is InChI=1S/C24H21BrN4O4S/c1-16-12-19(4-3-10-26)13-17(2)23(16)33-22-9-11-27-24(29-22)34(31,32)15-21(30)28-14-18-5-7-20(25)8-6-18/h3-9,11-13H,14-15H2,1-2H3,(H,28,30)/b4-3+. The first-order valence-corrected chi connectivity index (χ1v) is 12.5. The molecule has 3 rings (SSSR count). The van der Waals surface area contributed by atoms with Gasteiger partial charge in [0.2, 0.25) is 21.6 Å². The topological polar surface area (TPSA) is 122 Å². The van der Waals surface area contributed by atoms with Crippen molar-refractivity contribution in [3.8, 4) is 17.7 Å². The SMILES string of the molecule is Cc1cc(/C=C/C#N)cc(C)c1Oc1ccnc(S(=O)(=O)CC(=O)NCc2ccc(Br)cc2)n1. The summed E-state index contributed by atoms with van der Waals surface area (Å²) in [6, 6.07) is 14.4. The quantitative estimate of drug-likeness (QED) is 0.334. The van der Waals surface area contributed by atoms with E-state index in [1.54, 1.807) is 6.08 Å². The Morgan fingerprint density at radius 2 is 1.85 bits per heavy atom. The minimum Gasteiger partial charge on any atom is -0.438 e. The summed E-state index contributed by atoms with van der Waals surface area (Å²) in [7, 11) is -4.08. The molecule has 1 amide bonds. The summed E-state index contributed by atoms with van der Waals surface area (Å²) in [5.74, 6) is -0.894. The zero-order valence-corrected chi connectivity index (χ0v) is 20.9. The lowest BCUT2D eigenvalue weighted by Crippen LogP contribution is -2.30. The van der Waals surface area contributed by atoms with E-state index in [9.17, 15) is 13.2 Å². The van der Waals surface area contributed by atoms with Crippen LogP contribution in [0, 0.1) is 25.2 Å². The number of carbonyl (C=O) groups excluding carboxylic acids is 1. The van der Waals surface area contributed by atoms with Crippen LogP contribution >= 0.6 is 15.9 Å². The molecule has 0 saturated carbocycles. The first-order valence-electron chi connectivity index (χ1n) is 10.1. The molecular weight excluding hydrogens is 520 g/mol. The van der Waals surface area contributed by atoms with Crippen LogP contribution < -0.4 is 10.1 Å². The average molecular weight is 541 g/mol. The van der Waals surface area contributed by atoms with Crippen molar-refractivity contribution >= 4 is 37.8 Å². The Morgan fingerprint density at radius 3 is 2.50 bits per heavy atom. The van der Waals surface area contributed by atoms with Gasteiger partial charge in [-0.1, -0.05) is 28.1 Å². The van der Waals surface area contributed by atoms with Gasteiger partial charge in [-0.25, -0.2) is 13.4 Å². The Hall–Kier alpha value is -3.55. The molecule has 10 heteroatoms. The van der Waals surface area contributed by atoms with Gasteiger partial charge in [0.05, 0.1) is 6.07 Å². The van der Waals surface area contributed by atoms with E-state index in [1.165, 1.54) is 18.3 Å². The number of ether oxygens (including phenoxy) is 1. The number of allylic oxidation sites excluding steroid dienone is 1. The van der Waals surface area contributed by atoms with Crippen LogP contribution in [0.4, 0.5) is 0 Å². The normalized spacial score (nSPS) is 11.2. The van der Waals surface area contributed by atoms with Crippen molar-refractivity contribution in [2.45, 2.75) is 25.5 Å². The minimum absolute atomic E-state index is 0.0374. The molecular formula is C24H21BrN4O4S. The summed E-state index contributed by atoms with van der Waals surface area (Å²) >= 11 is 3.33. The number of hydrogen-bond acceptors (Lipinski definition) is 7. The maximum absolute atomic E-state index is 12.7. The molecule has 0 atom stereocenters. The first-order chi connectivity index (χ1) is 16.2. The Morgan fingerprint density at radius 1 is 1.18 bits per heavy atom. The third-order valence-electron chi connectivity index (χ3n) is 4.65. The molecule has 0 unspecified atom stereocenters. The molecule has 1 heterocycles. The van der Waals surface area contributed by atoms with Crippen molar-refractivity contribution < 1.29 is 17.9 Å². The minimum atomic E-state index is -4.08. The third kappa shape index (κ3) is 6.73. The highest BCUT2D eigenvalue weighted by molar-refractivity contribution is 9.10. The van der Waals surface area contributed by atoms with E-state index >= 15 is 0 Å². The first kappa shape index (κ1) is 25.1. The lowest BCUT2D eigenvalue weighted by molar-refractivity contribution is -0.118. The smallest absolute Gasteiger partial charge is 0.250 e. The summed E-state index contributed by atoms with van der Waals surface area (Å²) < 4.78 is 32.2. The number of amides is 1. The fourth-order valence-electron chi connectivity index (χ4n) is 3.10. The molecule has 0 aliphatic carbocycles. The Bertz CT molecular complexity index is 1360. The summed E-state index contributed by atoms with van der Waals surface area (Å²) in [6.07, 6.45) is 4.33. The highest BCUT2D eigenvalue weighted by atomic mass is 79.9. The van der Waals surface area contributed by atoms with Crippen LogP contribution in [0.1, 0.15) is 22.3 Å². The zero-order chi connectivity index (χ0) is 24.7. The van der Waals surface area contributed by atoms with E-state index in [2.05, 4.69) is 31.2 Å². The van der Waals surface area contributed by atoms with Gasteiger partial charge in [-0.3, -0.25) is 4.79 Å². The predicted molar refractivity (Wildman–Crippen MR) is 131 cm³/mol. The van der Waals surface area contributed by atoms with Gasteiger partial charge in [-0.2, -0.15) is 10.2 Å². The zero-order valence-electron chi connectivity index (χ0n) is 18.4. The van der Waals surface area contributed by atoms with Gasteiger partial charge in [0, 0.05) is 29.4 Å². The Labute approximate surface area is 206 Å². The molecule has 3 aromatic rings. The average Bonchev–Trinajstić information content (AvgIpc) is 2.79. The molecule has 174 valence electrons. The van der Waals surface area contributed by atoms with Crippen LogP contribution in [0.15, 0.2) is 64.4 Å². The number of aryl methyl sites for hydroxylation is 2. The lowest BCUT2D eigenvalue weighted by Gasteiger charge is -2.12. The van der Waals surface area contributed by atoms with Crippen LogP contribution in [0.25, 0.3) is 6.08 Å². The van der Waals surface area contributed by atoms with Crippen molar-refractivity contribution in [1.82, 2.24) is 15.3 Å². The van der Waals surface area contributed by atoms with Crippen LogP contribution in [0.2, 0.25) is 0 Å². The molecule has 0 bridgehead atoms. The number of halogens is 1. The third-order valence-corrected chi connectivity index (χ3v) is 6.57. The van der Waals surface area contributed by atoms with Crippen LogP contribution in [0.3, 0.4) is 0 Å². The van der Waals surface area contributed by atoms with Gasteiger partial charge in [0.25, 0.3) is 5.16 Å². The number of rotatable bonds is 8. The van der Waals surface area contributed by atoms with E-state index in [0.29, 0.717) is 5.75 Å². The monoisotopic (exact) mass is 540 g/mol. The van der Waals surface area contributed by atoms with Crippen molar-refractivity contribution in [1.29, 1.82) is 5.26 Å². The largest absolute Gasteiger partial charge is 0.438 e.